The third kappa shape index (κ3) is 5.50. The second kappa shape index (κ2) is 6.36. The zero-order valence-corrected chi connectivity index (χ0v) is 11.2. The van der Waals surface area contributed by atoms with Crippen LogP contribution in [0.5, 0.6) is 0 Å². The van der Waals surface area contributed by atoms with Gasteiger partial charge < -0.3 is 9.84 Å². The quantitative estimate of drug-likeness (QED) is 0.776. The van der Waals surface area contributed by atoms with Crippen LogP contribution in [0.15, 0.2) is 0 Å². The second-order valence-corrected chi connectivity index (χ2v) is 5.73. The predicted octanol–water partition coefficient (Wildman–Crippen LogP) is 2.13. The molecule has 1 heterocycles. The molecule has 0 spiro atoms. The van der Waals surface area contributed by atoms with Crippen molar-refractivity contribution in [3.05, 3.63) is 0 Å². The Balaban J connectivity index is 2.37. The van der Waals surface area contributed by atoms with Crippen molar-refractivity contribution in [1.29, 1.82) is 0 Å². The molecule has 0 bridgehead atoms. The van der Waals surface area contributed by atoms with Crippen LogP contribution in [0.1, 0.15) is 46.5 Å². The summed E-state index contributed by atoms with van der Waals surface area (Å²) in [6, 6.07) is 0. The van der Waals surface area contributed by atoms with Crippen LogP contribution in [0.2, 0.25) is 0 Å². The van der Waals surface area contributed by atoms with Gasteiger partial charge in [0.15, 0.2) is 0 Å². The average molecular weight is 243 g/mol. The Labute approximate surface area is 104 Å². The third-order valence-electron chi connectivity index (χ3n) is 3.29. The first-order valence-corrected chi connectivity index (χ1v) is 6.48. The molecule has 1 fully saturated rings. The van der Waals surface area contributed by atoms with Crippen molar-refractivity contribution in [2.24, 2.45) is 0 Å². The lowest BCUT2D eigenvalue weighted by Gasteiger charge is -2.35. The molecule has 1 atom stereocenters. The molecule has 100 valence electrons. The highest BCUT2D eigenvalue weighted by atomic mass is 16.5. The third-order valence-corrected chi connectivity index (χ3v) is 3.29. The fourth-order valence-electron chi connectivity index (χ4n) is 2.19. The largest absolute Gasteiger partial charge is 0.481 e. The van der Waals surface area contributed by atoms with E-state index in [-0.39, 0.29) is 12.0 Å². The normalized spacial score (nSPS) is 21.1. The molecule has 17 heavy (non-hydrogen) atoms. The molecule has 0 aromatic rings. The summed E-state index contributed by atoms with van der Waals surface area (Å²) in [5, 5.41) is 8.76. The first kappa shape index (κ1) is 14.5. The molecule has 1 saturated heterocycles. The molecule has 0 amide bonds. The van der Waals surface area contributed by atoms with E-state index in [0.717, 1.165) is 32.4 Å². The van der Waals surface area contributed by atoms with Crippen LogP contribution in [-0.4, -0.2) is 47.3 Å². The fraction of sp³-hybridized carbons (Fsp3) is 0.923. The van der Waals surface area contributed by atoms with Crippen molar-refractivity contribution in [3.8, 4) is 0 Å². The monoisotopic (exact) mass is 243 g/mol. The van der Waals surface area contributed by atoms with Gasteiger partial charge in [0.25, 0.3) is 0 Å². The van der Waals surface area contributed by atoms with Crippen LogP contribution in [0.25, 0.3) is 0 Å². The van der Waals surface area contributed by atoms with Crippen molar-refractivity contribution in [2.75, 3.05) is 19.7 Å². The molecule has 4 nitrogen and oxygen atoms in total. The number of hydrogen-bond acceptors (Lipinski definition) is 3. The van der Waals surface area contributed by atoms with E-state index < -0.39 is 5.97 Å². The van der Waals surface area contributed by atoms with Crippen molar-refractivity contribution >= 4 is 5.97 Å². The van der Waals surface area contributed by atoms with Crippen molar-refractivity contribution in [2.45, 2.75) is 58.1 Å². The van der Waals surface area contributed by atoms with Gasteiger partial charge in [-0.15, -0.1) is 0 Å². The summed E-state index contributed by atoms with van der Waals surface area (Å²) in [7, 11) is 0. The van der Waals surface area contributed by atoms with E-state index in [1.807, 2.05) is 0 Å². The molecular weight excluding hydrogens is 218 g/mol. The van der Waals surface area contributed by atoms with Crippen molar-refractivity contribution in [1.82, 2.24) is 4.90 Å². The van der Waals surface area contributed by atoms with Crippen LogP contribution in [0, 0.1) is 0 Å². The summed E-state index contributed by atoms with van der Waals surface area (Å²) >= 11 is 0. The summed E-state index contributed by atoms with van der Waals surface area (Å²) in [6.07, 6.45) is 3.91. The lowest BCUT2D eigenvalue weighted by molar-refractivity contribution is -0.137. The Morgan fingerprint density at radius 3 is 2.59 bits per heavy atom. The van der Waals surface area contributed by atoms with Gasteiger partial charge in [0.2, 0.25) is 0 Å². The molecule has 1 aliphatic rings. The second-order valence-electron chi connectivity index (χ2n) is 5.73. The molecule has 1 aliphatic heterocycles. The number of hydrogen-bond donors (Lipinski definition) is 1. The SMILES string of the molecule is CC(C)(C)N(CCC(=O)O)CCC1CCCO1. The maximum absolute atomic E-state index is 10.6. The zero-order valence-electron chi connectivity index (χ0n) is 11.2. The Hall–Kier alpha value is -0.610. The standard InChI is InChI=1S/C13H25NO3/c1-13(2,3)14(9-7-12(15)16)8-6-11-5-4-10-17-11/h11H,4-10H2,1-3H3,(H,15,16). The predicted molar refractivity (Wildman–Crippen MR) is 67.2 cm³/mol. The highest BCUT2D eigenvalue weighted by molar-refractivity contribution is 5.66. The van der Waals surface area contributed by atoms with Gasteiger partial charge >= 0.3 is 5.97 Å². The minimum atomic E-state index is -0.726. The van der Waals surface area contributed by atoms with E-state index in [0.29, 0.717) is 12.6 Å². The first-order chi connectivity index (χ1) is 7.89. The van der Waals surface area contributed by atoms with Crippen molar-refractivity contribution in [3.63, 3.8) is 0 Å². The zero-order chi connectivity index (χ0) is 12.9. The Bertz CT molecular complexity index is 242. The van der Waals surface area contributed by atoms with Crippen molar-refractivity contribution < 1.29 is 14.6 Å². The molecule has 1 rings (SSSR count). The number of ether oxygens (including phenoxy) is 1. The minimum Gasteiger partial charge on any atom is -0.481 e. The molecule has 0 radical (unpaired) electrons. The Kier molecular flexibility index (Phi) is 5.40. The maximum atomic E-state index is 10.6. The summed E-state index contributed by atoms with van der Waals surface area (Å²) < 4.78 is 5.60. The summed E-state index contributed by atoms with van der Waals surface area (Å²) in [4.78, 5) is 12.9. The average Bonchev–Trinajstić information content (AvgIpc) is 2.67. The number of carboxylic acid groups (broad SMARTS) is 1. The van der Waals surface area contributed by atoms with Gasteiger partial charge in [0.1, 0.15) is 0 Å². The van der Waals surface area contributed by atoms with E-state index >= 15 is 0 Å². The minimum absolute atomic E-state index is 0.0219. The Morgan fingerprint density at radius 1 is 1.41 bits per heavy atom. The van der Waals surface area contributed by atoms with Gasteiger partial charge in [-0.2, -0.15) is 0 Å². The summed E-state index contributed by atoms with van der Waals surface area (Å²) in [5.74, 6) is -0.726. The van der Waals surface area contributed by atoms with E-state index in [4.69, 9.17) is 9.84 Å². The van der Waals surface area contributed by atoms with E-state index in [9.17, 15) is 4.79 Å². The number of rotatable bonds is 6. The number of carboxylic acids is 1. The maximum Gasteiger partial charge on any atom is 0.304 e. The van der Waals surface area contributed by atoms with Crippen LogP contribution in [0.4, 0.5) is 0 Å². The molecule has 0 aromatic heterocycles. The van der Waals surface area contributed by atoms with Crippen LogP contribution < -0.4 is 0 Å². The highest BCUT2D eigenvalue weighted by Gasteiger charge is 2.24. The van der Waals surface area contributed by atoms with Crippen LogP contribution in [0.3, 0.4) is 0 Å². The molecule has 0 aromatic carbocycles. The molecular formula is C13H25NO3. The van der Waals surface area contributed by atoms with Gasteiger partial charge in [-0.05, 0) is 40.0 Å². The lowest BCUT2D eigenvalue weighted by atomic mass is 10.0. The van der Waals surface area contributed by atoms with E-state index in [1.54, 1.807) is 0 Å². The molecule has 0 aliphatic carbocycles. The smallest absolute Gasteiger partial charge is 0.304 e. The van der Waals surface area contributed by atoms with Gasteiger partial charge in [-0.25, -0.2) is 0 Å². The van der Waals surface area contributed by atoms with Gasteiger partial charge in [0, 0.05) is 25.2 Å². The topological polar surface area (TPSA) is 49.8 Å². The fourth-order valence-corrected chi connectivity index (χ4v) is 2.19. The number of aliphatic carboxylic acids is 1. The number of carbonyl (C=O) groups is 1. The summed E-state index contributed by atoms with van der Waals surface area (Å²) in [5.41, 5.74) is 0.0219. The lowest BCUT2D eigenvalue weighted by Crippen LogP contribution is -2.43. The van der Waals surface area contributed by atoms with Gasteiger partial charge in [-0.3, -0.25) is 9.69 Å². The first-order valence-electron chi connectivity index (χ1n) is 6.48. The van der Waals surface area contributed by atoms with E-state index in [2.05, 4.69) is 25.7 Å². The van der Waals surface area contributed by atoms with Crippen LogP contribution >= 0.6 is 0 Å². The summed E-state index contributed by atoms with van der Waals surface area (Å²) in [6.45, 7) is 8.81. The molecule has 0 saturated carbocycles. The molecule has 4 heteroatoms. The van der Waals surface area contributed by atoms with Gasteiger partial charge in [0.05, 0.1) is 12.5 Å². The highest BCUT2D eigenvalue weighted by Crippen LogP contribution is 2.19. The molecule has 1 unspecified atom stereocenters. The molecule has 1 N–H and O–H groups in total. The van der Waals surface area contributed by atoms with Crippen LogP contribution in [-0.2, 0) is 9.53 Å². The Morgan fingerprint density at radius 2 is 2.12 bits per heavy atom. The number of nitrogens with zero attached hydrogens (tertiary/aromatic N) is 1. The van der Waals surface area contributed by atoms with Gasteiger partial charge in [-0.1, -0.05) is 0 Å². The van der Waals surface area contributed by atoms with E-state index in [1.165, 1.54) is 0 Å².